The maximum Gasteiger partial charge on any atom is 0.264 e. The van der Waals surface area contributed by atoms with Gasteiger partial charge in [0.25, 0.3) is 10.0 Å². The molecule has 1 atom stereocenters. The lowest BCUT2D eigenvalue weighted by Crippen LogP contribution is -2.55. The zero-order valence-electron chi connectivity index (χ0n) is 24.3. The fraction of sp³-hybridized carbons (Fsp3) is 0.355. The van der Waals surface area contributed by atoms with Crippen LogP contribution < -0.4 is 14.4 Å². The van der Waals surface area contributed by atoms with E-state index >= 15 is 0 Å². The molecule has 10 heteroatoms. The molecular weight excluding hydrogens is 562 g/mol. The Bertz CT molecular complexity index is 1440. The lowest BCUT2D eigenvalue weighted by Gasteiger charge is -2.34. The Morgan fingerprint density at radius 2 is 1.54 bits per heavy atom. The van der Waals surface area contributed by atoms with Gasteiger partial charge in [-0.3, -0.25) is 13.9 Å². The smallest absolute Gasteiger partial charge is 0.264 e. The van der Waals surface area contributed by atoms with Gasteiger partial charge < -0.3 is 15.0 Å². The molecule has 0 radical (unpaired) electrons. The number of hydrogen-bond acceptors (Lipinski definition) is 5. The summed E-state index contributed by atoms with van der Waals surface area (Å²) in [5, 5.41) is 3.50. The summed E-state index contributed by atoms with van der Waals surface area (Å²) in [6, 6.07) is 19.0. The predicted molar refractivity (Wildman–Crippen MR) is 163 cm³/mol. The van der Waals surface area contributed by atoms with Gasteiger partial charge in [0.2, 0.25) is 11.8 Å². The highest BCUT2D eigenvalue weighted by Gasteiger charge is 2.34. The molecule has 3 rings (SSSR count). The van der Waals surface area contributed by atoms with Crippen LogP contribution in [0.2, 0.25) is 5.02 Å². The first-order valence-corrected chi connectivity index (χ1v) is 15.2. The van der Waals surface area contributed by atoms with Crippen molar-refractivity contribution in [3.05, 3.63) is 88.9 Å². The van der Waals surface area contributed by atoms with E-state index in [2.05, 4.69) is 5.32 Å². The van der Waals surface area contributed by atoms with Crippen LogP contribution in [0.5, 0.6) is 5.75 Å². The summed E-state index contributed by atoms with van der Waals surface area (Å²) in [7, 11) is -2.67. The summed E-state index contributed by atoms with van der Waals surface area (Å²) in [6.45, 7) is 8.89. The number of amides is 2. The van der Waals surface area contributed by atoms with Crippen molar-refractivity contribution in [1.29, 1.82) is 0 Å². The molecule has 3 aromatic carbocycles. The Kier molecular flexibility index (Phi) is 10.4. The predicted octanol–water partition coefficient (Wildman–Crippen LogP) is 5.57. The molecule has 0 heterocycles. The van der Waals surface area contributed by atoms with Crippen molar-refractivity contribution >= 4 is 39.1 Å². The first-order chi connectivity index (χ1) is 19.2. The first kappa shape index (κ1) is 32.0. The van der Waals surface area contributed by atoms with E-state index in [0.29, 0.717) is 22.9 Å². The molecule has 0 aliphatic carbocycles. The number of carbonyl (C=O) groups is 2. The number of benzene rings is 3. The van der Waals surface area contributed by atoms with E-state index in [1.54, 1.807) is 60.7 Å². The molecule has 41 heavy (non-hydrogen) atoms. The second-order valence-electron chi connectivity index (χ2n) is 10.8. The zero-order valence-corrected chi connectivity index (χ0v) is 25.9. The summed E-state index contributed by atoms with van der Waals surface area (Å²) < 4.78 is 34.2. The third-order valence-electron chi connectivity index (χ3n) is 6.40. The minimum Gasteiger partial charge on any atom is -0.497 e. The minimum absolute atomic E-state index is 0.00782. The Labute approximate surface area is 248 Å². The highest BCUT2D eigenvalue weighted by atomic mass is 35.5. The molecule has 0 saturated heterocycles. The summed E-state index contributed by atoms with van der Waals surface area (Å²) in [5.74, 6) is -0.331. The molecular formula is C31H38ClN3O5S. The normalized spacial score (nSPS) is 12.4. The number of methoxy groups -OCH3 is 1. The molecule has 8 nitrogen and oxygen atoms in total. The largest absolute Gasteiger partial charge is 0.497 e. The number of nitrogens with one attached hydrogen (secondary N) is 1. The van der Waals surface area contributed by atoms with Crippen LogP contribution in [0.25, 0.3) is 0 Å². The Balaban J connectivity index is 2.06. The Morgan fingerprint density at radius 1 is 0.951 bits per heavy atom. The van der Waals surface area contributed by atoms with E-state index in [0.717, 1.165) is 15.4 Å². The van der Waals surface area contributed by atoms with Crippen molar-refractivity contribution in [2.75, 3.05) is 18.0 Å². The number of hydrogen-bond donors (Lipinski definition) is 1. The van der Waals surface area contributed by atoms with Gasteiger partial charge in [-0.25, -0.2) is 8.42 Å². The average Bonchev–Trinajstić information content (AvgIpc) is 2.92. The van der Waals surface area contributed by atoms with Crippen LogP contribution in [0.3, 0.4) is 0 Å². The number of anilines is 1. The molecule has 0 aliphatic heterocycles. The fourth-order valence-electron chi connectivity index (χ4n) is 4.27. The van der Waals surface area contributed by atoms with Gasteiger partial charge in [-0.05, 0) is 88.2 Å². The van der Waals surface area contributed by atoms with Gasteiger partial charge in [-0.2, -0.15) is 0 Å². The van der Waals surface area contributed by atoms with Crippen molar-refractivity contribution in [1.82, 2.24) is 10.2 Å². The molecule has 2 amide bonds. The maximum absolute atomic E-state index is 14.1. The standard InChI is InChI=1S/C31H38ClN3O5S/c1-7-28(30(37)33-31(3,4)5)34(20-23-10-12-24(32)13-11-23)29(36)21-35(25-14-8-22(2)9-15-25)41(38,39)27-18-16-26(40-6)17-19-27/h8-19,28H,7,20-21H2,1-6H3,(H,33,37)/t28-/m1/s1. The highest BCUT2D eigenvalue weighted by Crippen LogP contribution is 2.27. The van der Waals surface area contributed by atoms with Crippen molar-refractivity contribution in [3.8, 4) is 5.75 Å². The van der Waals surface area contributed by atoms with E-state index in [1.807, 2.05) is 34.6 Å². The highest BCUT2D eigenvalue weighted by molar-refractivity contribution is 7.92. The third kappa shape index (κ3) is 8.47. The van der Waals surface area contributed by atoms with Crippen LogP contribution in [0, 0.1) is 6.92 Å². The van der Waals surface area contributed by atoms with Gasteiger partial charge in [-0.1, -0.05) is 48.4 Å². The van der Waals surface area contributed by atoms with Gasteiger partial charge in [0.1, 0.15) is 18.3 Å². The molecule has 0 unspecified atom stereocenters. The van der Waals surface area contributed by atoms with Gasteiger partial charge in [0, 0.05) is 17.1 Å². The molecule has 0 bridgehead atoms. The van der Waals surface area contributed by atoms with Crippen molar-refractivity contribution in [2.24, 2.45) is 0 Å². The summed E-state index contributed by atoms with van der Waals surface area (Å²) in [6.07, 6.45) is 0.330. The number of nitrogens with zero attached hydrogens (tertiary/aromatic N) is 2. The second-order valence-corrected chi connectivity index (χ2v) is 13.1. The number of carbonyl (C=O) groups excluding carboxylic acids is 2. The number of aryl methyl sites for hydroxylation is 1. The summed E-state index contributed by atoms with van der Waals surface area (Å²) in [4.78, 5) is 28.9. The topological polar surface area (TPSA) is 96.0 Å². The molecule has 0 saturated carbocycles. The number of rotatable bonds is 11. The number of sulfonamides is 1. The Hall–Kier alpha value is -3.56. The monoisotopic (exact) mass is 599 g/mol. The molecule has 0 spiro atoms. The van der Waals surface area contributed by atoms with Crippen molar-refractivity contribution in [3.63, 3.8) is 0 Å². The van der Waals surface area contributed by atoms with Gasteiger partial charge in [0.05, 0.1) is 17.7 Å². The number of halogens is 1. The quantitative estimate of drug-likeness (QED) is 0.311. The van der Waals surface area contributed by atoms with Crippen LogP contribution in [0.1, 0.15) is 45.2 Å². The van der Waals surface area contributed by atoms with Crippen molar-refractivity contribution < 1.29 is 22.7 Å². The molecule has 1 N–H and O–H groups in total. The Morgan fingerprint density at radius 3 is 2.05 bits per heavy atom. The second kappa shape index (κ2) is 13.4. The van der Waals surface area contributed by atoms with Crippen LogP contribution in [-0.2, 0) is 26.2 Å². The fourth-order valence-corrected chi connectivity index (χ4v) is 5.81. The van der Waals surface area contributed by atoms with Crippen LogP contribution in [0.4, 0.5) is 5.69 Å². The average molecular weight is 600 g/mol. The first-order valence-electron chi connectivity index (χ1n) is 13.3. The van der Waals surface area contributed by atoms with E-state index < -0.39 is 34.1 Å². The minimum atomic E-state index is -4.17. The van der Waals surface area contributed by atoms with E-state index in [-0.39, 0.29) is 17.3 Å². The summed E-state index contributed by atoms with van der Waals surface area (Å²) in [5.41, 5.74) is 1.50. The maximum atomic E-state index is 14.1. The van der Waals surface area contributed by atoms with Gasteiger partial charge in [0.15, 0.2) is 0 Å². The van der Waals surface area contributed by atoms with Gasteiger partial charge in [-0.15, -0.1) is 0 Å². The van der Waals surface area contributed by atoms with Crippen LogP contribution >= 0.6 is 11.6 Å². The third-order valence-corrected chi connectivity index (χ3v) is 8.44. The van der Waals surface area contributed by atoms with E-state index in [1.165, 1.54) is 24.1 Å². The lowest BCUT2D eigenvalue weighted by atomic mass is 10.1. The van der Waals surface area contributed by atoms with Gasteiger partial charge >= 0.3 is 0 Å². The zero-order chi connectivity index (χ0) is 30.4. The number of ether oxygens (including phenoxy) is 1. The SMILES string of the molecule is CC[C@H](C(=O)NC(C)(C)C)N(Cc1ccc(Cl)cc1)C(=O)CN(c1ccc(C)cc1)S(=O)(=O)c1ccc(OC)cc1. The lowest BCUT2D eigenvalue weighted by molar-refractivity contribution is -0.141. The summed E-state index contributed by atoms with van der Waals surface area (Å²) >= 11 is 6.07. The molecule has 0 fully saturated rings. The molecule has 0 aromatic heterocycles. The van der Waals surface area contributed by atoms with E-state index in [9.17, 15) is 18.0 Å². The van der Waals surface area contributed by atoms with Crippen LogP contribution in [-0.4, -0.2) is 50.4 Å². The molecule has 3 aromatic rings. The van der Waals surface area contributed by atoms with E-state index in [4.69, 9.17) is 16.3 Å². The molecule has 0 aliphatic rings. The molecule has 220 valence electrons. The van der Waals surface area contributed by atoms with Crippen molar-refractivity contribution in [2.45, 2.75) is 64.1 Å². The van der Waals surface area contributed by atoms with Crippen LogP contribution in [0.15, 0.2) is 77.7 Å².